The van der Waals surface area contributed by atoms with Crippen molar-refractivity contribution in [2.45, 2.75) is 25.4 Å². The number of aromatic nitrogens is 1. The van der Waals surface area contributed by atoms with Crippen molar-refractivity contribution in [1.29, 1.82) is 0 Å². The van der Waals surface area contributed by atoms with Crippen LogP contribution in [0.25, 0.3) is 0 Å². The molecule has 1 amide bonds. The van der Waals surface area contributed by atoms with Crippen LogP contribution in [0.15, 0.2) is 18.3 Å². The van der Waals surface area contributed by atoms with E-state index in [0.717, 1.165) is 6.42 Å². The van der Waals surface area contributed by atoms with E-state index in [2.05, 4.69) is 10.3 Å². The Morgan fingerprint density at radius 2 is 2.44 bits per heavy atom. The molecule has 0 bridgehead atoms. The van der Waals surface area contributed by atoms with Gasteiger partial charge in [-0.15, -0.1) is 0 Å². The monoisotopic (exact) mass is 224 g/mol. The first-order valence-corrected chi connectivity index (χ1v) is 5.17. The number of pyridine rings is 1. The molecule has 2 heterocycles. The van der Waals surface area contributed by atoms with Crippen molar-refractivity contribution in [2.75, 3.05) is 11.9 Å². The van der Waals surface area contributed by atoms with Gasteiger partial charge in [-0.1, -0.05) is 0 Å². The minimum absolute atomic E-state index is 0.210. The normalized spacial score (nSPS) is 24.4. The van der Waals surface area contributed by atoms with Gasteiger partial charge in [0.05, 0.1) is 11.9 Å². The molecule has 1 atom stereocenters. The number of halogens is 1. The van der Waals surface area contributed by atoms with E-state index in [-0.39, 0.29) is 5.91 Å². The molecular formula is C11H13FN2O2. The van der Waals surface area contributed by atoms with Crippen LogP contribution in [-0.4, -0.2) is 23.1 Å². The Labute approximate surface area is 92.8 Å². The van der Waals surface area contributed by atoms with Crippen molar-refractivity contribution < 1.29 is 13.9 Å². The van der Waals surface area contributed by atoms with Crippen LogP contribution in [0, 0.1) is 5.95 Å². The van der Waals surface area contributed by atoms with Crippen molar-refractivity contribution >= 4 is 11.6 Å². The highest BCUT2D eigenvalue weighted by Crippen LogP contribution is 2.26. The number of hydrogen-bond acceptors (Lipinski definition) is 3. The lowest BCUT2D eigenvalue weighted by Gasteiger charge is -2.21. The van der Waals surface area contributed by atoms with Gasteiger partial charge in [-0.25, -0.2) is 4.98 Å². The number of carbonyl (C=O) groups is 1. The fraction of sp³-hybridized carbons (Fsp3) is 0.455. The van der Waals surface area contributed by atoms with Crippen LogP contribution in [-0.2, 0) is 9.53 Å². The lowest BCUT2D eigenvalue weighted by Crippen LogP contribution is -2.39. The number of nitrogens with zero attached hydrogens (tertiary/aromatic N) is 1. The molecular weight excluding hydrogens is 211 g/mol. The predicted molar refractivity (Wildman–Crippen MR) is 56.4 cm³/mol. The minimum atomic E-state index is -0.769. The lowest BCUT2D eigenvalue weighted by atomic mass is 10.0. The Kier molecular flexibility index (Phi) is 2.87. The summed E-state index contributed by atoms with van der Waals surface area (Å²) in [4.78, 5) is 15.3. The lowest BCUT2D eigenvalue weighted by molar-refractivity contribution is -0.133. The van der Waals surface area contributed by atoms with Gasteiger partial charge in [0.1, 0.15) is 5.60 Å². The quantitative estimate of drug-likeness (QED) is 0.778. The fourth-order valence-corrected chi connectivity index (χ4v) is 1.67. The van der Waals surface area contributed by atoms with E-state index in [1.165, 1.54) is 18.3 Å². The summed E-state index contributed by atoms with van der Waals surface area (Å²) in [6.45, 7) is 2.36. The molecule has 86 valence electrons. The molecule has 1 aliphatic heterocycles. The molecule has 5 heteroatoms. The molecule has 0 spiro atoms. The van der Waals surface area contributed by atoms with E-state index in [1.807, 2.05) is 0 Å². The van der Waals surface area contributed by atoms with Gasteiger partial charge < -0.3 is 10.1 Å². The van der Waals surface area contributed by atoms with Crippen LogP contribution in [0.1, 0.15) is 19.8 Å². The van der Waals surface area contributed by atoms with E-state index in [9.17, 15) is 9.18 Å². The Hall–Kier alpha value is -1.49. The standard InChI is InChI=1S/C11H13FN2O2/c1-11(5-2-6-16-11)10(15)14-8-3-4-9(12)13-7-8/h3-4,7H,2,5-6H2,1H3,(H,14,15). The van der Waals surface area contributed by atoms with Crippen LogP contribution in [0.3, 0.4) is 0 Å². The Bertz CT molecular complexity index is 385. The molecule has 16 heavy (non-hydrogen) atoms. The van der Waals surface area contributed by atoms with Gasteiger partial charge in [-0.05, 0) is 31.9 Å². The fourth-order valence-electron chi connectivity index (χ4n) is 1.67. The van der Waals surface area contributed by atoms with E-state index in [1.54, 1.807) is 6.92 Å². The Morgan fingerprint density at radius 3 is 3.00 bits per heavy atom. The number of amides is 1. The van der Waals surface area contributed by atoms with E-state index < -0.39 is 11.5 Å². The second kappa shape index (κ2) is 4.17. The zero-order valence-corrected chi connectivity index (χ0v) is 9.00. The van der Waals surface area contributed by atoms with Crippen LogP contribution in [0.4, 0.5) is 10.1 Å². The van der Waals surface area contributed by atoms with E-state index in [4.69, 9.17) is 4.74 Å². The Balaban J connectivity index is 2.04. The Morgan fingerprint density at radius 1 is 1.62 bits per heavy atom. The zero-order valence-electron chi connectivity index (χ0n) is 9.00. The van der Waals surface area contributed by atoms with E-state index >= 15 is 0 Å². The first-order chi connectivity index (χ1) is 7.60. The van der Waals surface area contributed by atoms with Gasteiger partial charge in [-0.3, -0.25) is 4.79 Å². The number of hydrogen-bond donors (Lipinski definition) is 1. The maximum atomic E-state index is 12.6. The highest BCUT2D eigenvalue weighted by Gasteiger charge is 2.37. The molecule has 1 aromatic heterocycles. The summed E-state index contributed by atoms with van der Waals surface area (Å²) in [6.07, 6.45) is 2.87. The highest BCUT2D eigenvalue weighted by atomic mass is 19.1. The molecule has 4 nitrogen and oxygen atoms in total. The first kappa shape index (κ1) is 11.0. The van der Waals surface area contributed by atoms with Gasteiger partial charge in [0.15, 0.2) is 0 Å². The van der Waals surface area contributed by atoms with Crippen LogP contribution in [0.5, 0.6) is 0 Å². The number of anilines is 1. The average molecular weight is 224 g/mol. The number of rotatable bonds is 2. The number of carbonyl (C=O) groups excluding carboxylic acids is 1. The molecule has 2 rings (SSSR count). The van der Waals surface area contributed by atoms with Crippen LogP contribution in [0.2, 0.25) is 0 Å². The largest absolute Gasteiger partial charge is 0.365 e. The second-order valence-corrected chi connectivity index (χ2v) is 4.01. The SMILES string of the molecule is CC1(C(=O)Nc2ccc(F)nc2)CCCO1. The highest BCUT2D eigenvalue weighted by molar-refractivity contribution is 5.97. The maximum absolute atomic E-state index is 12.6. The summed E-state index contributed by atoms with van der Waals surface area (Å²) in [5.74, 6) is -0.778. The summed E-state index contributed by atoms with van der Waals surface area (Å²) in [6, 6.07) is 2.67. The van der Waals surface area contributed by atoms with Gasteiger partial charge in [0.25, 0.3) is 5.91 Å². The smallest absolute Gasteiger partial charge is 0.256 e. The van der Waals surface area contributed by atoms with Gasteiger partial charge in [-0.2, -0.15) is 4.39 Å². The summed E-state index contributed by atoms with van der Waals surface area (Å²) in [5.41, 5.74) is -0.294. The zero-order chi connectivity index (χ0) is 11.6. The van der Waals surface area contributed by atoms with Crippen LogP contribution >= 0.6 is 0 Å². The van der Waals surface area contributed by atoms with Crippen molar-refractivity contribution in [2.24, 2.45) is 0 Å². The minimum Gasteiger partial charge on any atom is -0.365 e. The molecule has 1 N–H and O–H groups in total. The molecule has 1 saturated heterocycles. The first-order valence-electron chi connectivity index (χ1n) is 5.17. The molecule has 0 radical (unpaired) electrons. The third-order valence-electron chi connectivity index (χ3n) is 2.68. The predicted octanol–water partition coefficient (Wildman–Crippen LogP) is 1.73. The van der Waals surface area contributed by atoms with Crippen molar-refractivity contribution in [3.8, 4) is 0 Å². The molecule has 1 fully saturated rings. The van der Waals surface area contributed by atoms with Crippen LogP contribution < -0.4 is 5.32 Å². The third-order valence-corrected chi connectivity index (χ3v) is 2.68. The summed E-state index contributed by atoms with van der Waals surface area (Å²) >= 11 is 0. The van der Waals surface area contributed by atoms with Crippen molar-refractivity contribution in [3.63, 3.8) is 0 Å². The van der Waals surface area contributed by atoms with Gasteiger partial charge in [0, 0.05) is 6.61 Å². The van der Waals surface area contributed by atoms with Crippen molar-refractivity contribution in [1.82, 2.24) is 4.98 Å². The third kappa shape index (κ3) is 2.19. The number of nitrogens with one attached hydrogen (secondary N) is 1. The molecule has 1 unspecified atom stereocenters. The molecule has 0 aliphatic carbocycles. The molecule has 1 aliphatic rings. The second-order valence-electron chi connectivity index (χ2n) is 4.01. The summed E-state index contributed by atoms with van der Waals surface area (Å²) in [5, 5.41) is 2.66. The average Bonchev–Trinajstić information content (AvgIpc) is 2.70. The topological polar surface area (TPSA) is 51.2 Å². The van der Waals surface area contributed by atoms with Crippen molar-refractivity contribution in [3.05, 3.63) is 24.3 Å². The summed E-state index contributed by atoms with van der Waals surface area (Å²) in [7, 11) is 0. The van der Waals surface area contributed by atoms with Gasteiger partial charge >= 0.3 is 0 Å². The number of ether oxygens (including phenoxy) is 1. The molecule has 0 saturated carbocycles. The summed E-state index contributed by atoms with van der Waals surface area (Å²) < 4.78 is 17.9. The molecule has 1 aromatic rings. The van der Waals surface area contributed by atoms with E-state index in [0.29, 0.717) is 18.7 Å². The van der Waals surface area contributed by atoms with Gasteiger partial charge in [0.2, 0.25) is 5.95 Å². The maximum Gasteiger partial charge on any atom is 0.256 e. The molecule has 0 aromatic carbocycles.